The van der Waals surface area contributed by atoms with Gasteiger partial charge in [0.25, 0.3) is 5.91 Å². The maximum Gasteiger partial charge on any atom is 0.287 e. The molecule has 2 N–H and O–H groups in total. The molecular weight excluding hydrogens is 208 g/mol. The zero-order valence-corrected chi connectivity index (χ0v) is 9.66. The van der Waals surface area contributed by atoms with Gasteiger partial charge < -0.3 is 15.1 Å². The molecule has 0 saturated heterocycles. The van der Waals surface area contributed by atoms with E-state index < -0.39 is 5.91 Å². The predicted octanol–water partition coefficient (Wildman–Crippen LogP) is 0.924. The molecule has 5 heteroatoms. The quantitative estimate of drug-likeness (QED) is 0.802. The van der Waals surface area contributed by atoms with E-state index in [-0.39, 0.29) is 23.8 Å². The number of carbonyl (C=O) groups is 2. The SMILES string of the molecule is CC(C)(C)NC(=O)CNC(=O)c1ccco1. The molecule has 1 aromatic rings. The molecule has 0 radical (unpaired) electrons. The number of rotatable bonds is 3. The summed E-state index contributed by atoms with van der Waals surface area (Å²) in [6.07, 6.45) is 1.41. The third-order valence-corrected chi connectivity index (χ3v) is 1.67. The summed E-state index contributed by atoms with van der Waals surface area (Å²) in [5, 5.41) is 5.20. The van der Waals surface area contributed by atoms with E-state index in [1.807, 2.05) is 20.8 Å². The highest BCUT2D eigenvalue weighted by Crippen LogP contribution is 1.99. The second-order valence-corrected chi connectivity index (χ2v) is 4.46. The van der Waals surface area contributed by atoms with Crippen molar-refractivity contribution in [2.24, 2.45) is 0 Å². The van der Waals surface area contributed by atoms with Crippen LogP contribution in [0.25, 0.3) is 0 Å². The van der Waals surface area contributed by atoms with Crippen molar-refractivity contribution in [1.29, 1.82) is 0 Å². The van der Waals surface area contributed by atoms with Crippen LogP contribution in [0.2, 0.25) is 0 Å². The fourth-order valence-corrected chi connectivity index (χ4v) is 1.12. The van der Waals surface area contributed by atoms with Crippen LogP contribution in [0.1, 0.15) is 31.3 Å². The lowest BCUT2D eigenvalue weighted by molar-refractivity contribution is -0.121. The molecule has 0 atom stereocenters. The Morgan fingerprint density at radius 1 is 1.38 bits per heavy atom. The predicted molar refractivity (Wildman–Crippen MR) is 58.9 cm³/mol. The van der Waals surface area contributed by atoms with Crippen molar-refractivity contribution in [3.05, 3.63) is 24.2 Å². The molecule has 1 rings (SSSR count). The minimum Gasteiger partial charge on any atom is -0.459 e. The van der Waals surface area contributed by atoms with Gasteiger partial charge in [0.1, 0.15) is 0 Å². The van der Waals surface area contributed by atoms with Gasteiger partial charge in [-0.15, -0.1) is 0 Å². The van der Waals surface area contributed by atoms with Crippen LogP contribution in [0.4, 0.5) is 0 Å². The van der Waals surface area contributed by atoms with Crippen LogP contribution in [0.5, 0.6) is 0 Å². The van der Waals surface area contributed by atoms with Gasteiger partial charge in [-0.2, -0.15) is 0 Å². The summed E-state index contributed by atoms with van der Waals surface area (Å²) >= 11 is 0. The summed E-state index contributed by atoms with van der Waals surface area (Å²) in [5.41, 5.74) is -0.299. The largest absolute Gasteiger partial charge is 0.459 e. The van der Waals surface area contributed by atoms with E-state index in [0.717, 1.165) is 0 Å². The number of hydrogen-bond donors (Lipinski definition) is 2. The zero-order valence-electron chi connectivity index (χ0n) is 9.66. The Labute approximate surface area is 94.2 Å². The summed E-state index contributed by atoms with van der Waals surface area (Å²) in [6, 6.07) is 3.15. The van der Waals surface area contributed by atoms with E-state index in [2.05, 4.69) is 10.6 Å². The minimum absolute atomic E-state index is 0.0587. The molecule has 0 aliphatic rings. The van der Waals surface area contributed by atoms with Crippen molar-refractivity contribution in [1.82, 2.24) is 10.6 Å². The van der Waals surface area contributed by atoms with Crippen molar-refractivity contribution >= 4 is 11.8 Å². The molecule has 0 aliphatic carbocycles. The maximum absolute atomic E-state index is 11.4. The molecule has 0 aromatic carbocycles. The fourth-order valence-electron chi connectivity index (χ4n) is 1.12. The molecule has 0 spiro atoms. The Bertz CT molecular complexity index is 363. The Morgan fingerprint density at radius 2 is 2.06 bits per heavy atom. The van der Waals surface area contributed by atoms with Crippen LogP contribution < -0.4 is 10.6 Å². The van der Waals surface area contributed by atoms with Gasteiger partial charge >= 0.3 is 0 Å². The average molecular weight is 224 g/mol. The van der Waals surface area contributed by atoms with Crippen molar-refractivity contribution in [3.63, 3.8) is 0 Å². The van der Waals surface area contributed by atoms with E-state index in [4.69, 9.17) is 4.42 Å². The van der Waals surface area contributed by atoms with Crippen molar-refractivity contribution in [2.75, 3.05) is 6.54 Å². The highest BCUT2D eigenvalue weighted by Gasteiger charge is 2.15. The second kappa shape index (κ2) is 4.83. The van der Waals surface area contributed by atoms with Gasteiger partial charge in [-0.1, -0.05) is 0 Å². The van der Waals surface area contributed by atoms with E-state index in [0.29, 0.717) is 0 Å². The van der Waals surface area contributed by atoms with Crippen molar-refractivity contribution < 1.29 is 14.0 Å². The molecule has 5 nitrogen and oxygen atoms in total. The van der Waals surface area contributed by atoms with Gasteiger partial charge in [0, 0.05) is 5.54 Å². The Balaban J connectivity index is 2.35. The molecule has 0 saturated carbocycles. The zero-order chi connectivity index (χ0) is 12.2. The van der Waals surface area contributed by atoms with Crippen LogP contribution in [-0.4, -0.2) is 23.9 Å². The molecule has 88 valence electrons. The summed E-state index contributed by atoms with van der Waals surface area (Å²) in [6.45, 7) is 5.56. The highest BCUT2D eigenvalue weighted by molar-refractivity contribution is 5.94. The summed E-state index contributed by atoms with van der Waals surface area (Å²) in [4.78, 5) is 22.8. The fraction of sp³-hybridized carbons (Fsp3) is 0.455. The Hall–Kier alpha value is -1.78. The third-order valence-electron chi connectivity index (χ3n) is 1.67. The maximum atomic E-state index is 11.4. The number of nitrogens with one attached hydrogen (secondary N) is 2. The van der Waals surface area contributed by atoms with Gasteiger partial charge in [0.05, 0.1) is 12.8 Å². The van der Waals surface area contributed by atoms with Crippen LogP contribution in [0, 0.1) is 0 Å². The lowest BCUT2D eigenvalue weighted by Crippen LogP contribution is -2.45. The molecule has 16 heavy (non-hydrogen) atoms. The lowest BCUT2D eigenvalue weighted by atomic mass is 10.1. The molecule has 0 aliphatic heterocycles. The number of furan rings is 1. The van der Waals surface area contributed by atoms with E-state index in [1.54, 1.807) is 6.07 Å². The van der Waals surface area contributed by atoms with E-state index >= 15 is 0 Å². The first-order valence-electron chi connectivity index (χ1n) is 5.01. The molecule has 1 aromatic heterocycles. The summed E-state index contributed by atoms with van der Waals surface area (Å²) in [7, 11) is 0. The molecular formula is C11H16N2O3. The normalized spacial score (nSPS) is 10.9. The van der Waals surface area contributed by atoms with Gasteiger partial charge in [-0.25, -0.2) is 0 Å². The van der Waals surface area contributed by atoms with Crippen LogP contribution in [-0.2, 0) is 4.79 Å². The molecule has 0 bridgehead atoms. The highest BCUT2D eigenvalue weighted by atomic mass is 16.3. The first-order chi connectivity index (χ1) is 7.38. The van der Waals surface area contributed by atoms with Crippen molar-refractivity contribution in [3.8, 4) is 0 Å². The Kier molecular flexibility index (Phi) is 3.71. The summed E-state index contributed by atoms with van der Waals surface area (Å²) in [5.74, 6) is -0.426. The first-order valence-corrected chi connectivity index (χ1v) is 5.01. The van der Waals surface area contributed by atoms with E-state index in [1.165, 1.54) is 12.3 Å². The van der Waals surface area contributed by atoms with Crippen LogP contribution in [0.3, 0.4) is 0 Å². The van der Waals surface area contributed by atoms with Gasteiger partial charge in [0.2, 0.25) is 5.91 Å². The average Bonchev–Trinajstić information content (AvgIpc) is 2.64. The van der Waals surface area contributed by atoms with Crippen LogP contribution in [0.15, 0.2) is 22.8 Å². The molecule has 2 amide bonds. The minimum atomic E-state index is -0.394. The smallest absolute Gasteiger partial charge is 0.287 e. The Morgan fingerprint density at radius 3 is 2.56 bits per heavy atom. The number of hydrogen-bond acceptors (Lipinski definition) is 3. The van der Waals surface area contributed by atoms with Crippen molar-refractivity contribution in [2.45, 2.75) is 26.3 Å². The van der Waals surface area contributed by atoms with E-state index in [9.17, 15) is 9.59 Å². The van der Waals surface area contributed by atoms with Crippen LogP contribution >= 0.6 is 0 Å². The van der Waals surface area contributed by atoms with Gasteiger partial charge in [0.15, 0.2) is 5.76 Å². The first kappa shape index (κ1) is 12.3. The molecule has 1 heterocycles. The third kappa shape index (κ3) is 4.16. The molecule has 0 unspecified atom stereocenters. The second-order valence-electron chi connectivity index (χ2n) is 4.46. The number of amides is 2. The summed E-state index contributed by atoms with van der Waals surface area (Å²) < 4.78 is 4.88. The topological polar surface area (TPSA) is 71.3 Å². The lowest BCUT2D eigenvalue weighted by Gasteiger charge is -2.20. The standard InChI is InChI=1S/C11H16N2O3/c1-11(2,3)13-9(14)7-12-10(15)8-5-4-6-16-8/h4-6H,7H2,1-3H3,(H,12,15)(H,13,14). The van der Waals surface area contributed by atoms with Gasteiger partial charge in [-0.05, 0) is 32.9 Å². The monoisotopic (exact) mass is 224 g/mol. The molecule has 0 fully saturated rings. The van der Waals surface area contributed by atoms with Gasteiger partial charge in [-0.3, -0.25) is 9.59 Å². The number of carbonyl (C=O) groups excluding carboxylic acids is 2.